The maximum Gasteiger partial charge on any atom is 0.340 e. The second-order valence-corrected chi connectivity index (χ2v) is 5.74. The number of carbonyl (C=O) groups is 1. The average molecular weight is 309 g/mol. The van der Waals surface area contributed by atoms with Gasteiger partial charge >= 0.3 is 5.97 Å². The lowest BCUT2D eigenvalue weighted by Gasteiger charge is -2.04. The van der Waals surface area contributed by atoms with E-state index in [1.54, 1.807) is 0 Å². The number of carboxylic acids is 1. The highest BCUT2D eigenvalue weighted by atomic mass is 35.5. The highest BCUT2D eigenvalue weighted by Gasteiger charge is 2.24. The molecule has 0 spiro atoms. The molecule has 2 rings (SSSR count). The van der Waals surface area contributed by atoms with Crippen LogP contribution in [0.2, 0.25) is 5.15 Å². The topological polar surface area (TPSA) is 80.9 Å². The molecule has 0 aromatic carbocycles. The zero-order valence-electron chi connectivity index (χ0n) is 12.4. The molecule has 7 heteroatoms. The summed E-state index contributed by atoms with van der Waals surface area (Å²) in [5.74, 6) is -0.538. The van der Waals surface area contributed by atoms with Crippen LogP contribution >= 0.6 is 11.6 Å². The zero-order chi connectivity index (χ0) is 15.7. The van der Waals surface area contributed by atoms with E-state index in [0.29, 0.717) is 12.1 Å². The van der Waals surface area contributed by atoms with Gasteiger partial charge in [0.1, 0.15) is 5.56 Å². The van der Waals surface area contributed by atoms with E-state index in [2.05, 4.69) is 15.1 Å². The molecule has 2 heterocycles. The van der Waals surface area contributed by atoms with Gasteiger partial charge in [-0.25, -0.2) is 14.8 Å². The first-order valence-electron chi connectivity index (χ1n) is 6.63. The fourth-order valence-electron chi connectivity index (χ4n) is 2.12. The van der Waals surface area contributed by atoms with Gasteiger partial charge in [-0.1, -0.05) is 25.4 Å². The zero-order valence-corrected chi connectivity index (χ0v) is 13.1. The minimum atomic E-state index is -1.09. The Labute approximate surface area is 127 Å². The van der Waals surface area contributed by atoms with Gasteiger partial charge in [0, 0.05) is 11.4 Å². The van der Waals surface area contributed by atoms with Crippen molar-refractivity contribution in [3.05, 3.63) is 33.9 Å². The predicted molar refractivity (Wildman–Crippen MR) is 79.1 cm³/mol. The van der Waals surface area contributed by atoms with Gasteiger partial charge in [-0.15, -0.1) is 0 Å². The van der Waals surface area contributed by atoms with Crippen LogP contribution in [0.3, 0.4) is 0 Å². The first-order valence-corrected chi connectivity index (χ1v) is 7.00. The minimum Gasteiger partial charge on any atom is -0.478 e. The molecule has 0 amide bonds. The third kappa shape index (κ3) is 3.21. The molecule has 0 saturated carbocycles. The van der Waals surface area contributed by atoms with Crippen LogP contribution in [0.25, 0.3) is 5.95 Å². The molecule has 2 aromatic heterocycles. The van der Waals surface area contributed by atoms with Gasteiger partial charge in [0.2, 0.25) is 0 Å². The van der Waals surface area contributed by atoms with Crippen molar-refractivity contribution in [2.75, 3.05) is 0 Å². The van der Waals surface area contributed by atoms with Crippen molar-refractivity contribution < 1.29 is 9.90 Å². The third-order valence-electron chi connectivity index (χ3n) is 2.88. The molecule has 1 N–H and O–H groups in total. The number of halogens is 1. The Bertz CT molecular complexity index is 674. The Morgan fingerprint density at radius 2 is 1.90 bits per heavy atom. The number of aromatic carboxylic acids is 1. The highest BCUT2D eigenvalue weighted by Crippen LogP contribution is 2.24. The summed E-state index contributed by atoms with van der Waals surface area (Å²) in [6.07, 6.45) is 0.527. The Morgan fingerprint density at radius 1 is 1.33 bits per heavy atom. The highest BCUT2D eigenvalue weighted by molar-refractivity contribution is 6.32. The van der Waals surface area contributed by atoms with Gasteiger partial charge in [-0.3, -0.25) is 0 Å². The summed E-state index contributed by atoms with van der Waals surface area (Å²) < 4.78 is 1.29. The average Bonchev–Trinajstić information content (AvgIpc) is 2.63. The normalized spacial score (nSPS) is 11.1. The molecule has 0 atom stereocenters. The van der Waals surface area contributed by atoms with E-state index in [0.717, 1.165) is 11.4 Å². The Kier molecular flexibility index (Phi) is 4.27. The monoisotopic (exact) mass is 308 g/mol. The van der Waals surface area contributed by atoms with Gasteiger partial charge in [0.15, 0.2) is 5.15 Å². The van der Waals surface area contributed by atoms with Gasteiger partial charge in [0.05, 0.1) is 5.69 Å². The number of carboxylic acid groups (broad SMARTS) is 1. The number of aromatic nitrogens is 4. The Morgan fingerprint density at radius 3 is 2.38 bits per heavy atom. The first kappa shape index (κ1) is 15.4. The van der Waals surface area contributed by atoms with Crippen LogP contribution in [0.1, 0.15) is 41.3 Å². The van der Waals surface area contributed by atoms with Crippen molar-refractivity contribution in [3.63, 3.8) is 0 Å². The lowest BCUT2D eigenvalue weighted by atomic mass is 10.1. The summed E-state index contributed by atoms with van der Waals surface area (Å²) in [5, 5.41) is 13.7. The molecule has 2 aromatic rings. The summed E-state index contributed by atoms with van der Waals surface area (Å²) in [4.78, 5) is 20.0. The second kappa shape index (κ2) is 5.81. The second-order valence-electron chi connectivity index (χ2n) is 5.38. The first-order chi connectivity index (χ1) is 9.79. The minimum absolute atomic E-state index is 0.0214. The van der Waals surface area contributed by atoms with Gasteiger partial charge in [-0.2, -0.15) is 9.78 Å². The van der Waals surface area contributed by atoms with Crippen molar-refractivity contribution in [2.45, 2.75) is 34.1 Å². The largest absolute Gasteiger partial charge is 0.478 e. The van der Waals surface area contributed by atoms with E-state index < -0.39 is 5.97 Å². The number of hydrogen-bond acceptors (Lipinski definition) is 4. The summed E-state index contributed by atoms with van der Waals surface area (Å²) >= 11 is 6.19. The van der Waals surface area contributed by atoms with Crippen LogP contribution in [0.4, 0.5) is 0 Å². The SMILES string of the molecule is Cc1cc(C)nc(-n2nc(CC(C)C)c(C(=O)O)c2Cl)n1. The summed E-state index contributed by atoms with van der Waals surface area (Å²) in [6, 6.07) is 1.83. The van der Waals surface area contributed by atoms with Crippen LogP contribution in [0.5, 0.6) is 0 Å². The van der Waals surface area contributed by atoms with Crippen molar-refractivity contribution in [2.24, 2.45) is 5.92 Å². The molecule has 0 bridgehead atoms. The molecule has 0 saturated heterocycles. The maximum absolute atomic E-state index is 11.4. The molecule has 0 fully saturated rings. The number of nitrogens with zero attached hydrogens (tertiary/aromatic N) is 4. The molecule has 0 aliphatic rings. The van der Waals surface area contributed by atoms with Gasteiger partial charge < -0.3 is 5.11 Å². The van der Waals surface area contributed by atoms with Crippen molar-refractivity contribution in [1.29, 1.82) is 0 Å². The standard InChI is InChI=1S/C14H17ClN4O2/c1-7(2)5-10-11(13(20)21)12(15)19(18-10)14-16-8(3)6-9(4)17-14/h6-7H,5H2,1-4H3,(H,20,21). The van der Waals surface area contributed by atoms with Crippen molar-refractivity contribution in [1.82, 2.24) is 19.7 Å². The predicted octanol–water partition coefficient (Wildman–Crippen LogP) is 2.83. The molecule has 0 aliphatic heterocycles. The lowest BCUT2D eigenvalue weighted by Crippen LogP contribution is -2.06. The van der Waals surface area contributed by atoms with Crippen LogP contribution in [0, 0.1) is 19.8 Å². The van der Waals surface area contributed by atoms with Gasteiger partial charge in [0.25, 0.3) is 5.95 Å². The summed E-state index contributed by atoms with van der Waals surface area (Å²) in [6.45, 7) is 7.66. The van der Waals surface area contributed by atoms with Crippen molar-refractivity contribution >= 4 is 17.6 Å². The van der Waals surface area contributed by atoms with Crippen LogP contribution in [0.15, 0.2) is 6.07 Å². The summed E-state index contributed by atoms with van der Waals surface area (Å²) in [5.41, 5.74) is 2.01. The number of aryl methyl sites for hydroxylation is 2. The summed E-state index contributed by atoms with van der Waals surface area (Å²) in [7, 11) is 0. The lowest BCUT2D eigenvalue weighted by molar-refractivity contribution is 0.0695. The Balaban J connectivity index is 2.61. The molecule has 0 unspecified atom stereocenters. The van der Waals surface area contributed by atoms with Crippen molar-refractivity contribution in [3.8, 4) is 5.95 Å². The molecule has 0 radical (unpaired) electrons. The van der Waals surface area contributed by atoms with E-state index in [9.17, 15) is 9.90 Å². The Hall–Kier alpha value is -1.95. The van der Waals surface area contributed by atoms with Crippen LogP contribution in [-0.2, 0) is 6.42 Å². The smallest absolute Gasteiger partial charge is 0.340 e. The van der Waals surface area contributed by atoms with E-state index in [-0.39, 0.29) is 22.6 Å². The molecular formula is C14H17ClN4O2. The van der Waals surface area contributed by atoms with E-state index in [4.69, 9.17) is 11.6 Å². The molecule has 6 nitrogen and oxygen atoms in total. The van der Waals surface area contributed by atoms with E-state index in [1.807, 2.05) is 33.8 Å². The molecule has 21 heavy (non-hydrogen) atoms. The molecule has 112 valence electrons. The maximum atomic E-state index is 11.4. The van der Waals surface area contributed by atoms with E-state index in [1.165, 1.54) is 4.68 Å². The van der Waals surface area contributed by atoms with E-state index >= 15 is 0 Å². The third-order valence-corrected chi connectivity index (χ3v) is 3.23. The number of rotatable bonds is 4. The fourth-order valence-corrected chi connectivity index (χ4v) is 2.42. The molecule has 0 aliphatic carbocycles. The van der Waals surface area contributed by atoms with Crippen LogP contribution in [-0.4, -0.2) is 30.8 Å². The quantitative estimate of drug-likeness (QED) is 0.939. The van der Waals surface area contributed by atoms with Gasteiger partial charge in [-0.05, 0) is 32.3 Å². The molecular weight excluding hydrogens is 292 g/mol. The van der Waals surface area contributed by atoms with Crippen LogP contribution < -0.4 is 0 Å². The number of hydrogen-bond donors (Lipinski definition) is 1. The fraction of sp³-hybridized carbons (Fsp3) is 0.429.